The van der Waals surface area contributed by atoms with Crippen LogP contribution in [0.25, 0.3) is 0 Å². The van der Waals surface area contributed by atoms with E-state index in [-0.39, 0.29) is 6.42 Å². The zero-order valence-electron chi connectivity index (χ0n) is 18.2. The Kier molecular flexibility index (Phi) is 7.32. The second-order valence-electron chi connectivity index (χ2n) is 8.60. The molecule has 0 aromatic carbocycles. The van der Waals surface area contributed by atoms with Crippen molar-refractivity contribution in [2.45, 2.75) is 83.1 Å². The molecule has 0 spiro atoms. The van der Waals surface area contributed by atoms with Crippen LogP contribution < -0.4 is 5.32 Å². The summed E-state index contributed by atoms with van der Waals surface area (Å²) >= 11 is 0. The molecule has 2 rings (SSSR count). The van der Waals surface area contributed by atoms with Crippen LogP contribution in [0.5, 0.6) is 0 Å². The number of hydrogen-bond donors (Lipinski definition) is 1. The molecule has 6 atom stereocenters. The number of fused-ring (bicyclic) bond motifs is 1. The van der Waals surface area contributed by atoms with E-state index >= 15 is 0 Å². The van der Waals surface area contributed by atoms with Crippen LogP contribution in [-0.2, 0) is 33.2 Å². The van der Waals surface area contributed by atoms with Crippen LogP contribution in [0, 0.1) is 5.92 Å². The van der Waals surface area contributed by atoms with E-state index in [1.54, 1.807) is 40.7 Å². The van der Waals surface area contributed by atoms with Crippen molar-refractivity contribution >= 4 is 12.1 Å². The van der Waals surface area contributed by atoms with E-state index in [1.165, 1.54) is 14.2 Å². The predicted octanol–water partition coefficient (Wildman–Crippen LogP) is 2.14. The lowest BCUT2D eigenvalue weighted by atomic mass is 9.89. The highest BCUT2D eigenvalue weighted by atomic mass is 16.8. The number of carbonyl (C=O) groups excluding carboxylic acids is 2. The Morgan fingerprint density at radius 3 is 2.41 bits per heavy atom. The van der Waals surface area contributed by atoms with Crippen molar-refractivity contribution in [2.24, 2.45) is 5.92 Å². The third-order valence-electron chi connectivity index (χ3n) is 4.69. The van der Waals surface area contributed by atoms with Gasteiger partial charge in [0.15, 0.2) is 12.1 Å². The van der Waals surface area contributed by atoms with E-state index in [0.717, 1.165) is 0 Å². The van der Waals surface area contributed by atoms with E-state index in [9.17, 15) is 9.59 Å². The normalized spacial score (nSPS) is 30.2. The van der Waals surface area contributed by atoms with Gasteiger partial charge in [-0.3, -0.25) is 4.79 Å². The number of allylic oxidation sites excluding steroid dienone is 1. The molecule has 1 unspecified atom stereocenters. The molecule has 2 saturated heterocycles. The largest absolute Gasteiger partial charge is 0.469 e. The molecule has 2 fully saturated rings. The van der Waals surface area contributed by atoms with Crippen molar-refractivity contribution in [3.8, 4) is 0 Å². The van der Waals surface area contributed by atoms with Crippen molar-refractivity contribution in [1.29, 1.82) is 0 Å². The molecule has 2 aliphatic heterocycles. The summed E-state index contributed by atoms with van der Waals surface area (Å²) in [5.74, 6) is -2.10. The van der Waals surface area contributed by atoms with Gasteiger partial charge in [0.2, 0.25) is 0 Å². The van der Waals surface area contributed by atoms with Crippen molar-refractivity contribution in [3.05, 3.63) is 12.7 Å². The lowest BCUT2D eigenvalue weighted by molar-refractivity contribution is -0.221. The van der Waals surface area contributed by atoms with E-state index < -0.39 is 60.0 Å². The monoisotopic (exact) mass is 415 g/mol. The second kappa shape index (κ2) is 8.99. The highest BCUT2D eigenvalue weighted by Crippen LogP contribution is 2.40. The smallest absolute Gasteiger partial charge is 0.407 e. The van der Waals surface area contributed by atoms with Crippen LogP contribution in [0.2, 0.25) is 0 Å². The molecule has 9 heteroatoms. The molecule has 1 amide bonds. The first kappa shape index (κ1) is 23.6. The van der Waals surface area contributed by atoms with Gasteiger partial charge in [-0.15, -0.1) is 6.58 Å². The average molecular weight is 415 g/mol. The molecule has 0 aliphatic carbocycles. The van der Waals surface area contributed by atoms with Crippen molar-refractivity contribution in [3.63, 3.8) is 0 Å². The van der Waals surface area contributed by atoms with Gasteiger partial charge < -0.3 is 33.7 Å². The van der Waals surface area contributed by atoms with Gasteiger partial charge >= 0.3 is 12.1 Å². The lowest BCUT2D eigenvalue weighted by Crippen LogP contribution is -2.56. The Hall–Kier alpha value is -1.68. The van der Waals surface area contributed by atoms with Crippen molar-refractivity contribution in [2.75, 3.05) is 14.2 Å². The zero-order valence-corrected chi connectivity index (χ0v) is 18.2. The van der Waals surface area contributed by atoms with Crippen LogP contribution >= 0.6 is 0 Å². The van der Waals surface area contributed by atoms with Crippen LogP contribution in [0.4, 0.5) is 4.79 Å². The molecule has 29 heavy (non-hydrogen) atoms. The molecule has 0 saturated carbocycles. The Bertz CT molecular complexity index is 614. The Labute approximate surface area is 172 Å². The number of esters is 1. The van der Waals surface area contributed by atoms with E-state index in [4.69, 9.17) is 28.4 Å². The van der Waals surface area contributed by atoms with Gasteiger partial charge in [-0.25, -0.2) is 4.79 Å². The molecule has 2 heterocycles. The van der Waals surface area contributed by atoms with Crippen molar-refractivity contribution in [1.82, 2.24) is 5.32 Å². The fourth-order valence-corrected chi connectivity index (χ4v) is 3.64. The number of rotatable bonds is 7. The fraction of sp³-hybridized carbons (Fsp3) is 0.800. The lowest BCUT2D eigenvalue weighted by Gasteiger charge is -2.34. The van der Waals surface area contributed by atoms with E-state index in [1.807, 2.05) is 0 Å². The minimum Gasteiger partial charge on any atom is -0.469 e. The molecule has 0 radical (unpaired) electrons. The zero-order chi connectivity index (χ0) is 22.0. The Morgan fingerprint density at radius 1 is 1.24 bits per heavy atom. The Morgan fingerprint density at radius 2 is 1.90 bits per heavy atom. The molecule has 0 aromatic heterocycles. The number of alkyl carbamates (subject to hydrolysis) is 1. The third-order valence-corrected chi connectivity index (χ3v) is 4.69. The summed E-state index contributed by atoms with van der Waals surface area (Å²) in [6.45, 7) is 12.5. The number of methoxy groups -OCH3 is 2. The van der Waals surface area contributed by atoms with Gasteiger partial charge in [-0.05, 0) is 41.0 Å². The summed E-state index contributed by atoms with van der Waals surface area (Å²) in [6, 6.07) is -0.818. The first-order chi connectivity index (χ1) is 13.4. The Balaban J connectivity index is 2.32. The minimum atomic E-state index is -0.825. The number of ether oxygens (including phenoxy) is 6. The van der Waals surface area contributed by atoms with Gasteiger partial charge in [-0.2, -0.15) is 0 Å². The van der Waals surface area contributed by atoms with Gasteiger partial charge in [0, 0.05) is 7.11 Å². The predicted molar refractivity (Wildman–Crippen MR) is 103 cm³/mol. The summed E-state index contributed by atoms with van der Waals surface area (Å²) in [6.07, 6.45) is -1.36. The molecular formula is C20H33NO8. The molecule has 2 aliphatic rings. The van der Waals surface area contributed by atoms with Crippen molar-refractivity contribution < 1.29 is 38.0 Å². The van der Waals surface area contributed by atoms with E-state index in [2.05, 4.69) is 11.9 Å². The highest BCUT2D eigenvalue weighted by Gasteiger charge is 2.58. The molecule has 166 valence electrons. The van der Waals surface area contributed by atoms with Crippen LogP contribution in [0.1, 0.15) is 41.0 Å². The summed E-state index contributed by atoms with van der Waals surface area (Å²) in [5, 5.41) is 2.76. The molecule has 0 bridgehead atoms. The van der Waals surface area contributed by atoms with Crippen LogP contribution in [-0.4, -0.2) is 68.3 Å². The maximum Gasteiger partial charge on any atom is 0.407 e. The molecular weight excluding hydrogens is 382 g/mol. The van der Waals surface area contributed by atoms with Crippen LogP contribution in [0.15, 0.2) is 12.7 Å². The standard InChI is InChI=1S/C20H33NO8/c1-9-10-11(16(22)25-8)12(21-18(23)29-19(2,3)4)13-14(24-7)15-17(26-13)28-20(5,6)27-15/h9,11-15,17H,1,10H2,2-8H3,(H,21,23)/t11?,12-,13-,14-,15+,17+/m0/s1. The van der Waals surface area contributed by atoms with Gasteiger partial charge in [0.1, 0.15) is 23.9 Å². The van der Waals surface area contributed by atoms with Gasteiger partial charge in [0.25, 0.3) is 0 Å². The molecule has 0 aromatic rings. The maximum absolute atomic E-state index is 12.5. The highest BCUT2D eigenvalue weighted by molar-refractivity contribution is 5.75. The van der Waals surface area contributed by atoms with Gasteiger partial charge in [-0.1, -0.05) is 6.08 Å². The third kappa shape index (κ3) is 5.69. The summed E-state index contributed by atoms with van der Waals surface area (Å²) in [5.41, 5.74) is -0.711. The fourth-order valence-electron chi connectivity index (χ4n) is 3.64. The second-order valence-corrected chi connectivity index (χ2v) is 8.60. The van der Waals surface area contributed by atoms with E-state index in [0.29, 0.717) is 0 Å². The molecule has 1 N–H and O–H groups in total. The first-order valence-corrected chi connectivity index (χ1v) is 9.64. The maximum atomic E-state index is 12.5. The number of hydrogen-bond acceptors (Lipinski definition) is 8. The minimum absolute atomic E-state index is 0.256. The number of amides is 1. The first-order valence-electron chi connectivity index (χ1n) is 9.64. The van der Waals surface area contributed by atoms with Gasteiger partial charge in [0.05, 0.1) is 19.1 Å². The molecule has 9 nitrogen and oxygen atoms in total. The summed E-state index contributed by atoms with van der Waals surface area (Å²) in [4.78, 5) is 25.0. The topological polar surface area (TPSA) is 102 Å². The SMILES string of the molecule is C=CCC(C(=O)OC)[C@H](NC(=O)OC(C)(C)C)[C@@H]1O[C@@H]2OC(C)(C)O[C@@H]2[C@H]1OC. The summed E-state index contributed by atoms with van der Waals surface area (Å²) in [7, 11) is 2.80. The van der Waals surface area contributed by atoms with Crippen LogP contribution in [0.3, 0.4) is 0 Å². The number of nitrogens with one attached hydrogen (secondary N) is 1. The quantitative estimate of drug-likeness (QED) is 0.498. The number of carbonyl (C=O) groups is 2. The summed E-state index contributed by atoms with van der Waals surface area (Å²) < 4.78 is 33.7. The average Bonchev–Trinajstić information content (AvgIpc) is 3.06.